The van der Waals surface area contributed by atoms with E-state index in [0.717, 1.165) is 11.3 Å². The highest BCUT2D eigenvalue weighted by atomic mass is 32.2. The minimum Gasteiger partial charge on any atom is -0.465 e. The topological polar surface area (TPSA) is 90.3 Å². The Morgan fingerprint density at radius 1 is 1.07 bits per heavy atom. The van der Waals surface area contributed by atoms with Crippen molar-refractivity contribution in [3.63, 3.8) is 0 Å². The molecule has 3 rings (SSSR count). The third kappa shape index (κ3) is 3.77. The Bertz CT molecular complexity index is 1130. The Labute approximate surface area is 164 Å². The van der Waals surface area contributed by atoms with Crippen molar-refractivity contribution in [2.45, 2.75) is 25.7 Å². The Kier molecular flexibility index (Phi) is 5.24. The molecule has 0 aliphatic carbocycles. The smallest absolute Gasteiger partial charge is 0.337 e. The summed E-state index contributed by atoms with van der Waals surface area (Å²) in [5, 5.41) is 4.46. The van der Waals surface area contributed by atoms with Crippen molar-refractivity contribution >= 4 is 21.7 Å². The van der Waals surface area contributed by atoms with Crippen LogP contribution in [-0.4, -0.2) is 31.3 Å². The van der Waals surface area contributed by atoms with Crippen molar-refractivity contribution in [1.29, 1.82) is 0 Å². The maximum Gasteiger partial charge on any atom is 0.337 e. The lowest BCUT2D eigenvalue weighted by Gasteiger charge is -2.10. The summed E-state index contributed by atoms with van der Waals surface area (Å²) in [6.45, 7) is 5.52. The van der Waals surface area contributed by atoms with Gasteiger partial charge in [0.15, 0.2) is 0 Å². The molecule has 1 N–H and O–H groups in total. The standard InChI is InChI=1S/C20H21N3O4S/c1-13-8-10-17(11-9-13)23-15(3)19(14(2)21-23)22-28(25,26)18-7-5-6-16(12-18)20(24)27-4/h5-12,22H,1-4H3. The maximum atomic E-state index is 12.9. The van der Waals surface area contributed by atoms with Gasteiger partial charge in [-0.15, -0.1) is 0 Å². The summed E-state index contributed by atoms with van der Waals surface area (Å²) in [4.78, 5) is 11.7. The summed E-state index contributed by atoms with van der Waals surface area (Å²) in [5.74, 6) is -0.600. The van der Waals surface area contributed by atoms with Gasteiger partial charge in [0.05, 0.1) is 40.3 Å². The van der Waals surface area contributed by atoms with Crippen LogP contribution in [0.15, 0.2) is 53.4 Å². The normalized spacial score (nSPS) is 11.3. The monoisotopic (exact) mass is 399 g/mol. The number of carbonyl (C=O) groups excluding carboxylic acids is 1. The number of esters is 1. The van der Waals surface area contributed by atoms with Crippen molar-refractivity contribution < 1.29 is 17.9 Å². The lowest BCUT2D eigenvalue weighted by atomic mass is 10.2. The SMILES string of the molecule is COC(=O)c1cccc(S(=O)(=O)Nc2c(C)nn(-c3ccc(C)cc3)c2C)c1. The highest BCUT2D eigenvalue weighted by Gasteiger charge is 2.21. The van der Waals surface area contributed by atoms with E-state index in [2.05, 4.69) is 14.6 Å². The summed E-state index contributed by atoms with van der Waals surface area (Å²) in [5.41, 5.74) is 3.74. The number of nitrogens with one attached hydrogen (secondary N) is 1. The fourth-order valence-corrected chi connectivity index (χ4v) is 4.05. The number of hydrogen-bond donors (Lipinski definition) is 1. The molecule has 7 nitrogen and oxygen atoms in total. The molecule has 3 aromatic rings. The third-order valence-electron chi connectivity index (χ3n) is 4.37. The molecule has 1 heterocycles. The molecule has 0 aliphatic rings. The van der Waals surface area contributed by atoms with Gasteiger partial charge in [-0.3, -0.25) is 4.72 Å². The molecule has 0 spiro atoms. The molecule has 8 heteroatoms. The number of methoxy groups -OCH3 is 1. The predicted molar refractivity (Wildman–Crippen MR) is 106 cm³/mol. The number of aromatic nitrogens is 2. The quantitative estimate of drug-likeness (QED) is 0.664. The lowest BCUT2D eigenvalue weighted by Crippen LogP contribution is -2.15. The fourth-order valence-electron chi connectivity index (χ4n) is 2.83. The van der Waals surface area contributed by atoms with E-state index in [-0.39, 0.29) is 10.5 Å². The van der Waals surface area contributed by atoms with Gasteiger partial charge >= 0.3 is 5.97 Å². The highest BCUT2D eigenvalue weighted by molar-refractivity contribution is 7.92. The molecular weight excluding hydrogens is 378 g/mol. The third-order valence-corrected chi connectivity index (χ3v) is 5.72. The molecule has 2 aromatic carbocycles. The number of ether oxygens (including phenoxy) is 1. The second-order valence-electron chi connectivity index (χ2n) is 6.42. The van der Waals surface area contributed by atoms with Crippen LogP contribution in [0.3, 0.4) is 0 Å². The summed E-state index contributed by atoms with van der Waals surface area (Å²) in [6.07, 6.45) is 0. The van der Waals surface area contributed by atoms with E-state index in [1.54, 1.807) is 18.5 Å². The molecule has 0 saturated heterocycles. The first-order valence-electron chi connectivity index (χ1n) is 8.57. The van der Waals surface area contributed by atoms with Gasteiger partial charge < -0.3 is 4.74 Å². The number of carbonyl (C=O) groups is 1. The van der Waals surface area contributed by atoms with E-state index in [1.807, 2.05) is 31.2 Å². The van der Waals surface area contributed by atoms with Gasteiger partial charge in [-0.05, 0) is 51.1 Å². The molecule has 146 valence electrons. The van der Waals surface area contributed by atoms with E-state index in [0.29, 0.717) is 17.1 Å². The Hall–Kier alpha value is -3.13. The molecule has 0 bridgehead atoms. The van der Waals surface area contributed by atoms with Crippen molar-refractivity contribution in [2.24, 2.45) is 0 Å². The summed E-state index contributed by atoms with van der Waals surface area (Å²) >= 11 is 0. The lowest BCUT2D eigenvalue weighted by molar-refractivity contribution is 0.0600. The van der Waals surface area contributed by atoms with Gasteiger partial charge in [0.1, 0.15) is 0 Å². The molecule has 0 unspecified atom stereocenters. The predicted octanol–water partition coefficient (Wildman–Crippen LogP) is 3.38. The van der Waals surface area contributed by atoms with Gasteiger partial charge in [-0.25, -0.2) is 17.9 Å². The number of benzene rings is 2. The van der Waals surface area contributed by atoms with Gasteiger partial charge in [-0.1, -0.05) is 23.8 Å². The van der Waals surface area contributed by atoms with Crippen molar-refractivity contribution in [2.75, 3.05) is 11.8 Å². The first-order valence-corrected chi connectivity index (χ1v) is 10.1. The highest BCUT2D eigenvalue weighted by Crippen LogP contribution is 2.26. The summed E-state index contributed by atoms with van der Waals surface area (Å²) in [6, 6.07) is 13.5. The van der Waals surface area contributed by atoms with Crippen LogP contribution in [0.4, 0.5) is 5.69 Å². The Balaban J connectivity index is 1.97. The molecule has 0 atom stereocenters. The van der Waals surface area contributed by atoms with Crippen LogP contribution in [0.5, 0.6) is 0 Å². The molecule has 0 fully saturated rings. The molecule has 28 heavy (non-hydrogen) atoms. The first kappa shape index (κ1) is 19.6. The largest absolute Gasteiger partial charge is 0.465 e. The van der Waals surface area contributed by atoms with E-state index >= 15 is 0 Å². The average Bonchev–Trinajstić information content (AvgIpc) is 2.96. The summed E-state index contributed by atoms with van der Waals surface area (Å²) < 4.78 is 34.7. The van der Waals surface area contributed by atoms with Gasteiger partial charge in [0, 0.05) is 0 Å². The molecule has 1 aromatic heterocycles. The van der Waals surface area contributed by atoms with Crippen LogP contribution in [0.2, 0.25) is 0 Å². The zero-order valence-electron chi connectivity index (χ0n) is 16.1. The number of rotatable bonds is 5. The van der Waals surface area contributed by atoms with Crippen LogP contribution in [0.1, 0.15) is 27.3 Å². The minimum atomic E-state index is -3.91. The number of hydrogen-bond acceptors (Lipinski definition) is 5. The zero-order valence-corrected chi connectivity index (χ0v) is 16.9. The van der Waals surface area contributed by atoms with E-state index in [9.17, 15) is 13.2 Å². The van der Waals surface area contributed by atoms with Crippen LogP contribution >= 0.6 is 0 Å². The van der Waals surface area contributed by atoms with E-state index in [4.69, 9.17) is 0 Å². The van der Waals surface area contributed by atoms with Crippen molar-refractivity contribution in [1.82, 2.24) is 9.78 Å². The van der Waals surface area contributed by atoms with Gasteiger partial charge in [-0.2, -0.15) is 5.10 Å². The van der Waals surface area contributed by atoms with Crippen molar-refractivity contribution in [3.8, 4) is 5.69 Å². The van der Waals surface area contributed by atoms with Crippen LogP contribution in [-0.2, 0) is 14.8 Å². The second-order valence-corrected chi connectivity index (χ2v) is 8.10. The summed E-state index contributed by atoms with van der Waals surface area (Å²) in [7, 11) is -2.67. The first-order chi connectivity index (χ1) is 13.2. The number of nitrogens with zero attached hydrogens (tertiary/aromatic N) is 2. The van der Waals surface area contributed by atoms with Gasteiger partial charge in [0.2, 0.25) is 0 Å². The van der Waals surface area contributed by atoms with Crippen LogP contribution in [0, 0.1) is 20.8 Å². The molecule has 0 aliphatic heterocycles. The van der Waals surface area contributed by atoms with Crippen LogP contribution < -0.4 is 4.72 Å². The average molecular weight is 399 g/mol. The van der Waals surface area contributed by atoms with Gasteiger partial charge in [0.25, 0.3) is 10.0 Å². The fraction of sp³-hybridized carbons (Fsp3) is 0.200. The van der Waals surface area contributed by atoms with E-state index < -0.39 is 16.0 Å². The van der Waals surface area contributed by atoms with Crippen LogP contribution in [0.25, 0.3) is 5.69 Å². The number of anilines is 1. The molecule has 0 amide bonds. The number of sulfonamides is 1. The van der Waals surface area contributed by atoms with Crippen molar-refractivity contribution in [3.05, 3.63) is 71.0 Å². The molecule has 0 saturated carbocycles. The molecular formula is C20H21N3O4S. The minimum absolute atomic E-state index is 0.0303. The molecule has 0 radical (unpaired) electrons. The second kappa shape index (κ2) is 7.47. The maximum absolute atomic E-state index is 12.9. The van der Waals surface area contributed by atoms with E-state index in [1.165, 1.54) is 31.4 Å². The zero-order chi connectivity index (χ0) is 20.5. The Morgan fingerprint density at radius 3 is 2.39 bits per heavy atom. The Morgan fingerprint density at radius 2 is 1.75 bits per heavy atom. The number of aryl methyl sites for hydroxylation is 2.